The number of furan rings is 1. The first-order chi connectivity index (χ1) is 15.5. The highest BCUT2D eigenvalue weighted by Gasteiger charge is 2.15. The maximum Gasteiger partial charge on any atom is 0.331 e. The van der Waals surface area contributed by atoms with Gasteiger partial charge in [0.05, 0.1) is 17.2 Å². The fourth-order valence-electron chi connectivity index (χ4n) is 3.42. The molecule has 0 aliphatic rings. The first-order valence-corrected chi connectivity index (χ1v) is 9.95. The Morgan fingerprint density at radius 2 is 1.66 bits per heavy atom. The van der Waals surface area contributed by atoms with Crippen LogP contribution in [-0.2, 0) is 17.9 Å². The van der Waals surface area contributed by atoms with E-state index in [0.717, 1.165) is 4.57 Å². The minimum Gasteiger partial charge on any atom is -0.459 e. The Bertz CT molecular complexity index is 1420. The van der Waals surface area contributed by atoms with Crippen LogP contribution in [0.3, 0.4) is 0 Å². The number of fused-ring (bicyclic) bond motifs is 1. The van der Waals surface area contributed by atoms with Gasteiger partial charge >= 0.3 is 5.69 Å². The van der Waals surface area contributed by atoms with Crippen LogP contribution in [-0.4, -0.2) is 20.9 Å². The number of carbonyl (C=O) groups is 2. The zero-order valence-electron chi connectivity index (χ0n) is 17.2. The van der Waals surface area contributed by atoms with Crippen LogP contribution in [0.5, 0.6) is 0 Å². The van der Waals surface area contributed by atoms with Gasteiger partial charge in [-0.2, -0.15) is 0 Å². The summed E-state index contributed by atoms with van der Waals surface area (Å²) in [6.07, 6.45) is 1.40. The van der Waals surface area contributed by atoms with Crippen molar-refractivity contribution in [3.8, 4) is 0 Å². The first-order valence-electron chi connectivity index (χ1n) is 9.95. The summed E-state index contributed by atoms with van der Waals surface area (Å²) in [6.45, 7) is 1.62. The van der Waals surface area contributed by atoms with Gasteiger partial charge in [-0.25, -0.2) is 4.79 Å². The normalized spacial score (nSPS) is 10.8. The Morgan fingerprint density at radius 3 is 2.38 bits per heavy atom. The standard InChI is InChI=1S/C23H20N4O5/c1-2-26-22(30)17-9-3-4-10-18(17)27(23(26)31)14-20(28)24-15-7-5-8-16(13-15)25-21(29)19-11-6-12-32-19/h3-13H,2,14H2,1H3,(H,24,28)(H,25,29). The Labute approximate surface area is 181 Å². The lowest BCUT2D eigenvalue weighted by Crippen LogP contribution is -2.41. The predicted molar refractivity (Wildman–Crippen MR) is 120 cm³/mol. The van der Waals surface area contributed by atoms with Gasteiger partial charge in [0.2, 0.25) is 5.91 Å². The zero-order valence-corrected chi connectivity index (χ0v) is 17.2. The molecule has 162 valence electrons. The molecular formula is C23H20N4O5. The van der Waals surface area contributed by atoms with E-state index in [4.69, 9.17) is 4.42 Å². The van der Waals surface area contributed by atoms with Crippen LogP contribution in [0.25, 0.3) is 10.9 Å². The summed E-state index contributed by atoms with van der Waals surface area (Å²) < 4.78 is 7.44. The molecule has 0 atom stereocenters. The van der Waals surface area contributed by atoms with E-state index in [-0.39, 0.29) is 24.4 Å². The molecule has 0 unspecified atom stereocenters. The summed E-state index contributed by atoms with van der Waals surface area (Å²) in [5.74, 6) is -0.705. The molecule has 0 saturated heterocycles. The molecule has 2 amide bonds. The molecule has 0 fully saturated rings. The van der Waals surface area contributed by atoms with Crippen molar-refractivity contribution in [2.75, 3.05) is 10.6 Å². The quantitative estimate of drug-likeness (QED) is 0.486. The van der Waals surface area contributed by atoms with Gasteiger partial charge in [0.25, 0.3) is 11.5 Å². The van der Waals surface area contributed by atoms with Gasteiger partial charge in [0, 0.05) is 17.9 Å². The smallest absolute Gasteiger partial charge is 0.331 e. The number of benzene rings is 2. The number of anilines is 2. The molecule has 0 aliphatic heterocycles. The second-order valence-electron chi connectivity index (χ2n) is 7.00. The highest BCUT2D eigenvalue weighted by atomic mass is 16.3. The third-order valence-electron chi connectivity index (χ3n) is 4.90. The van der Waals surface area contributed by atoms with Crippen LogP contribution in [0.15, 0.2) is 80.9 Å². The number of hydrogen-bond acceptors (Lipinski definition) is 5. The zero-order chi connectivity index (χ0) is 22.7. The van der Waals surface area contributed by atoms with Crippen molar-refractivity contribution in [3.05, 3.63) is 93.5 Å². The number of rotatable bonds is 6. The van der Waals surface area contributed by atoms with E-state index in [0.29, 0.717) is 22.3 Å². The Kier molecular flexibility index (Phi) is 5.71. The number of hydrogen-bond donors (Lipinski definition) is 2. The molecule has 0 spiro atoms. The number of aromatic nitrogens is 2. The Balaban J connectivity index is 1.56. The van der Waals surface area contributed by atoms with E-state index >= 15 is 0 Å². The van der Waals surface area contributed by atoms with Crippen molar-refractivity contribution in [2.45, 2.75) is 20.0 Å². The molecule has 4 rings (SSSR count). The van der Waals surface area contributed by atoms with Crippen LogP contribution in [0.2, 0.25) is 0 Å². The van der Waals surface area contributed by atoms with Crippen molar-refractivity contribution in [2.24, 2.45) is 0 Å². The second-order valence-corrected chi connectivity index (χ2v) is 7.00. The number of para-hydroxylation sites is 1. The molecule has 2 aromatic heterocycles. The van der Waals surface area contributed by atoms with Crippen molar-refractivity contribution in [3.63, 3.8) is 0 Å². The lowest BCUT2D eigenvalue weighted by Gasteiger charge is -2.13. The van der Waals surface area contributed by atoms with Crippen LogP contribution in [0.4, 0.5) is 11.4 Å². The number of nitrogens with one attached hydrogen (secondary N) is 2. The lowest BCUT2D eigenvalue weighted by molar-refractivity contribution is -0.116. The molecule has 9 heteroatoms. The average molecular weight is 432 g/mol. The summed E-state index contributed by atoms with van der Waals surface area (Å²) in [5, 5.41) is 5.77. The van der Waals surface area contributed by atoms with E-state index < -0.39 is 17.5 Å². The molecular weight excluding hydrogens is 412 g/mol. The molecule has 2 N–H and O–H groups in total. The summed E-state index contributed by atoms with van der Waals surface area (Å²) in [4.78, 5) is 50.2. The van der Waals surface area contributed by atoms with E-state index in [9.17, 15) is 19.2 Å². The van der Waals surface area contributed by atoms with Crippen LogP contribution < -0.4 is 21.9 Å². The second kappa shape index (κ2) is 8.76. The molecule has 4 aromatic rings. The summed E-state index contributed by atoms with van der Waals surface area (Å²) in [5.41, 5.74) is 0.358. The third kappa shape index (κ3) is 4.08. The van der Waals surface area contributed by atoms with Gasteiger partial charge in [-0.05, 0) is 49.4 Å². The molecule has 0 radical (unpaired) electrons. The molecule has 0 saturated carbocycles. The highest BCUT2D eigenvalue weighted by Crippen LogP contribution is 2.17. The van der Waals surface area contributed by atoms with Crippen molar-refractivity contribution in [1.29, 1.82) is 0 Å². The maximum absolute atomic E-state index is 12.8. The SMILES string of the molecule is CCn1c(=O)c2ccccc2n(CC(=O)Nc2cccc(NC(=O)c3ccco3)c2)c1=O. The number of nitrogens with zero attached hydrogens (tertiary/aromatic N) is 2. The summed E-state index contributed by atoms with van der Waals surface area (Å²) >= 11 is 0. The Morgan fingerprint density at radius 1 is 0.906 bits per heavy atom. The topological polar surface area (TPSA) is 115 Å². The van der Waals surface area contributed by atoms with Gasteiger partial charge in [0.15, 0.2) is 5.76 Å². The minimum absolute atomic E-state index is 0.164. The third-order valence-corrected chi connectivity index (χ3v) is 4.90. The van der Waals surface area contributed by atoms with Gasteiger partial charge in [-0.1, -0.05) is 18.2 Å². The molecule has 2 aromatic carbocycles. The lowest BCUT2D eigenvalue weighted by atomic mass is 10.2. The van der Waals surface area contributed by atoms with E-state index in [1.807, 2.05) is 0 Å². The Hall–Kier alpha value is -4.40. The monoisotopic (exact) mass is 432 g/mol. The average Bonchev–Trinajstić information content (AvgIpc) is 3.32. The fourth-order valence-corrected chi connectivity index (χ4v) is 3.42. The molecule has 0 bridgehead atoms. The van der Waals surface area contributed by atoms with Gasteiger partial charge < -0.3 is 15.1 Å². The fraction of sp³-hybridized carbons (Fsp3) is 0.130. The maximum atomic E-state index is 12.8. The van der Waals surface area contributed by atoms with E-state index in [2.05, 4.69) is 10.6 Å². The number of amides is 2. The summed E-state index contributed by atoms with van der Waals surface area (Å²) in [7, 11) is 0. The highest BCUT2D eigenvalue weighted by molar-refractivity contribution is 6.02. The van der Waals surface area contributed by atoms with Crippen LogP contribution >= 0.6 is 0 Å². The van der Waals surface area contributed by atoms with Gasteiger partial charge in [-0.15, -0.1) is 0 Å². The van der Waals surface area contributed by atoms with Crippen LogP contribution in [0.1, 0.15) is 17.5 Å². The van der Waals surface area contributed by atoms with Crippen molar-refractivity contribution < 1.29 is 14.0 Å². The molecule has 32 heavy (non-hydrogen) atoms. The predicted octanol–water partition coefficient (Wildman–Crippen LogP) is 2.67. The summed E-state index contributed by atoms with van der Waals surface area (Å²) in [6, 6.07) is 16.4. The van der Waals surface area contributed by atoms with E-state index in [1.54, 1.807) is 67.6 Å². The first kappa shape index (κ1) is 20.9. The van der Waals surface area contributed by atoms with E-state index in [1.165, 1.54) is 10.8 Å². The van der Waals surface area contributed by atoms with Gasteiger partial charge in [0.1, 0.15) is 6.54 Å². The molecule has 9 nitrogen and oxygen atoms in total. The van der Waals surface area contributed by atoms with Gasteiger partial charge in [-0.3, -0.25) is 23.5 Å². The minimum atomic E-state index is -0.550. The van der Waals surface area contributed by atoms with Crippen LogP contribution in [0, 0.1) is 0 Å². The van der Waals surface area contributed by atoms with Crippen molar-refractivity contribution in [1.82, 2.24) is 9.13 Å². The molecule has 0 aliphatic carbocycles. The molecule has 2 heterocycles. The largest absolute Gasteiger partial charge is 0.459 e. The number of carbonyl (C=O) groups excluding carboxylic acids is 2. The van der Waals surface area contributed by atoms with Crippen molar-refractivity contribution >= 4 is 34.1 Å².